The lowest BCUT2D eigenvalue weighted by Gasteiger charge is -2.16. The average molecular weight is 253 g/mol. The SMILES string of the molecule is CCc1nnc(CN(C)C(=O)C[C@H]2CCOC2)o1. The Labute approximate surface area is 106 Å². The molecule has 1 aromatic heterocycles. The first-order chi connectivity index (χ1) is 8.69. The van der Waals surface area contributed by atoms with Gasteiger partial charge in [0, 0.05) is 33.1 Å². The van der Waals surface area contributed by atoms with Gasteiger partial charge in [-0.2, -0.15) is 0 Å². The van der Waals surface area contributed by atoms with Crippen molar-refractivity contribution < 1.29 is 13.9 Å². The van der Waals surface area contributed by atoms with Crippen molar-refractivity contribution in [2.45, 2.75) is 32.7 Å². The van der Waals surface area contributed by atoms with Crippen molar-refractivity contribution in [3.05, 3.63) is 11.8 Å². The van der Waals surface area contributed by atoms with E-state index in [1.807, 2.05) is 6.92 Å². The molecule has 1 aliphatic heterocycles. The van der Waals surface area contributed by atoms with E-state index in [2.05, 4.69) is 10.2 Å². The van der Waals surface area contributed by atoms with Gasteiger partial charge in [-0.3, -0.25) is 4.79 Å². The molecule has 100 valence electrons. The highest BCUT2D eigenvalue weighted by molar-refractivity contribution is 5.76. The average Bonchev–Trinajstić information content (AvgIpc) is 3.00. The van der Waals surface area contributed by atoms with Crippen LogP contribution < -0.4 is 0 Å². The summed E-state index contributed by atoms with van der Waals surface area (Å²) in [6.07, 6.45) is 2.22. The molecule has 0 radical (unpaired) electrons. The van der Waals surface area contributed by atoms with Crippen molar-refractivity contribution in [1.29, 1.82) is 0 Å². The zero-order valence-corrected chi connectivity index (χ0v) is 10.9. The molecule has 18 heavy (non-hydrogen) atoms. The van der Waals surface area contributed by atoms with E-state index in [1.165, 1.54) is 0 Å². The molecule has 6 heteroatoms. The van der Waals surface area contributed by atoms with E-state index in [1.54, 1.807) is 11.9 Å². The lowest BCUT2D eigenvalue weighted by molar-refractivity contribution is -0.131. The molecule has 0 N–H and O–H groups in total. The predicted molar refractivity (Wildman–Crippen MR) is 63.7 cm³/mol. The van der Waals surface area contributed by atoms with Gasteiger partial charge < -0.3 is 14.1 Å². The molecule has 1 fully saturated rings. The van der Waals surface area contributed by atoms with Gasteiger partial charge in [-0.05, 0) is 12.3 Å². The summed E-state index contributed by atoms with van der Waals surface area (Å²) in [5.74, 6) is 1.55. The number of rotatable bonds is 5. The molecular formula is C12H19N3O3. The molecule has 2 rings (SSSR count). The fourth-order valence-corrected chi connectivity index (χ4v) is 1.93. The summed E-state index contributed by atoms with van der Waals surface area (Å²) in [5.41, 5.74) is 0. The number of ether oxygens (including phenoxy) is 1. The molecule has 1 aromatic rings. The second-order valence-electron chi connectivity index (χ2n) is 4.63. The highest BCUT2D eigenvalue weighted by Crippen LogP contribution is 2.17. The zero-order chi connectivity index (χ0) is 13.0. The minimum atomic E-state index is 0.0988. The zero-order valence-electron chi connectivity index (χ0n) is 10.9. The van der Waals surface area contributed by atoms with Crippen molar-refractivity contribution in [2.75, 3.05) is 20.3 Å². The van der Waals surface area contributed by atoms with Gasteiger partial charge in [0.15, 0.2) is 0 Å². The van der Waals surface area contributed by atoms with Gasteiger partial charge in [0.25, 0.3) is 0 Å². The van der Waals surface area contributed by atoms with Crippen LogP contribution in [0.15, 0.2) is 4.42 Å². The Morgan fingerprint density at radius 3 is 2.83 bits per heavy atom. The van der Waals surface area contributed by atoms with Crippen molar-refractivity contribution in [3.8, 4) is 0 Å². The maximum absolute atomic E-state index is 12.0. The Morgan fingerprint density at radius 2 is 2.22 bits per heavy atom. The van der Waals surface area contributed by atoms with Crippen LogP contribution in [-0.4, -0.2) is 41.3 Å². The summed E-state index contributed by atoms with van der Waals surface area (Å²) in [7, 11) is 1.76. The van der Waals surface area contributed by atoms with E-state index in [0.29, 0.717) is 43.7 Å². The normalized spacial score (nSPS) is 19.1. The lowest BCUT2D eigenvalue weighted by atomic mass is 10.0. The van der Waals surface area contributed by atoms with Crippen LogP contribution in [0.3, 0.4) is 0 Å². The van der Waals surface area contributed by atoms with Crippen LogP contribution in [0.4, 0.5) is 0 Å². The van der Waals surface area contributed by atoms with E-state index in [9.17, 15) is 4.79 Å². The Balaban J connectivity index is 1.82. The van der Waals surface area contributed by atoms with E-state index in [0.717, 1.165) is 13.0 Å². The fourth-order valence-electron chi connectivity index (χ4n) is 1.93. The third kappa shape index (κ3) is 3.29. The summed E-state index contributed by atoms with van der Waals surface area (Å²) in [6, 6.07) is 0. The molecule has 0 aliphatic carbocycles. The second kappa shape index (κ2) is 5.95. The summed E-state index contributed by atoms with van der Waals surface area (Å²) in [4.78, 5) is 13.6. The molecule has 0 saturated carbocycles. The molecule has 0 aromatic carbocycles. The minimum absolute atomic E-state index is 0.0988. The number of hydrogen-bond acceptors (Lipinski definition) is 5. The number of carbonyl (C=O) groups is 1. The van der Waals surface area contributed by atoms with E-state index < -0.39 is 0 Å². The van der Waals surface area contributed by atoms with E-state index in [4.69, 9.17) is 9.15 Å². The molecule has 2 heterocycles. The van der Waals surface area contributed by atoms with Crippen LogP contribution >= 0.6 is 0 Å². The Kier molecular flexibility index (Phi) is 4.30. The molecule has 0 spiro atoms. The van der Waals surface area contributed by atoms with Crippen molar-refractivity contribution in [2.24, 2.45) is 5.92 Å². The molecule has 6 nitrogen and oxygen atoms in total. The van der Waals surface area contributed by atoms with Gasteiger partial charge >= 0.3 is 0 Å². The third-order valence-electron chi connectivity index (χ3n) is 3.10. The predicted octanol–water partition coefficient (Wildman–Crippen LogP) is 1.02. The van der Waals surface area contributed by atoms with Crippen LogP contribution in [0.1, 0.15) is 31.5 Å². The molecule has 0 unspecified atom stereocenters. The number of carbonyl (C=O) groups excluding carboxylic acids is 1. The van der Waals surface area contributed by atoms with Crippen LogP contribution in [0.25, 0.3) is 0 Å². The lowest BCUT2D eigenvalue weighted by Crippen LogP contribution is -2.28. The summed E-state index contributed by atoms with van der Waals surface area (Å²) < 4.78 is 10.6. The van der Waals surface area contributed by atoms with Crippen LogP contribution in [0.5, 0.6) is 0 Å². The first-order valence-electron chi connectivity index (χ1n) is 6.32. The first kappa shape index (κ1) is 13.0. The number of amides is 1. The van der Waals surface area contributed by atoms with Crippen LogP contribution in [0.2, 0.25) is 0 Å². The van der Waals surface area contributed by atoms with Gasteiger partial charge in [0.2, 0.25) is 17.7 Å². The molecular weight excluding hydrogens is 234 g/mol. The van der Waals surface area contributed by atoms with Gasteiger partial charge in [0.1, 0.15) is 0 Å². The van der Waals surface area contributed by atoms with Gasteiger partial charge in [-0.1, -0.05) is 6.92 Å². The Morgan fingerprint density at radius 1 is 1.44 bits per heavy atom. The smallest absolute Gasteiger partial charge is 0.235 e. The maximum atomic E-state index is 12.0. The highest BCUT2D eigenvalue weighted by Gasteiger charge is 2.22. The summed E-state index contributed by atoms with van der Waals surface area (Å²) in [5, 5.41) is 7.78. The van der Waals surface area contributed by atoms with Crippen LogP contribution in [-0.2, 0) is 22.5 Å². The van der Waals surface area contributed by atoms with Crippen molar-refractivity contribution in [1.82, 2.24) is 15.1 Å². The largest absolute Gasteiger partial charge is 0.423 e. The summed E-state index contributed by atoms with van der Waals surface area (Å²) >= 11 is 0. The Hall–Kier alpha value is -1.43. The topological polar surface area (TPSA) is 68.5 Å². The first-order valence-corrected chi connectivity index (χ1v) is 6.32. The van der Waals surface area contributed by atoms with E-state index in [-0.39, 0.29) is 5.91 Å². The van der Waals surface area contributed by atoms with Crippen molar-refractivity contribution in [3.63, 3.8) is 0 Å². The van der Waals surface area contributed by atoms with E-state index >= 15 is 0 Å². The highest BCUT2D eigenvalue weighted by atomic mass is 16.5. The third-order valence-corrected chi connectivity index (χ3v) is 3.10. The molecule has 1 atom stereocenters. The standard InChI is InChI=1S/C12H19N3O3/c1-3-10-13-14-11(18-10)7-15(2)12(16)6-9-4-5-17-8-9/h9H,3-8H2,1-2H3/t9-/m1/s1. The molecule has 1 amide bonds. The fraction of sp³-hybridized carbons (Fsp3) is 0.750. The minimum Gasteiger partial charge on any atom is -0.423 e. The molecule has 0 bridgehead atoms. The molecule has 1 aliphatic rings. The van der Waals surface area contributed by atoms with Crippen molar-refractivity contribution >= 4 is 5.91 Å². The number of aryl methyl sites for hydroxylation is 1. The number of nitrogens with zero attached hydrogens (tertiary/aromatic N) is 3. The number of hydrogen-bond donors (Lipinski definition) is 0. The molecule has 1 saturated heterocycles. The van der Waals surface area contributed by atoms with Gasteiger partial charge in [-0.25, -0.2) is 0 Å². The quantitative estimate of drug-likeness (QED) is 0.783. The monoisotopic (exact) mass is 253 g/mol. The maximum Gasteiger partial charge on any atom is 0.235 e. The second-order valence-corrected chi connectivity index (χ2v) is 4.63. The van der Waals surface area contributed by atoms with Gasteiger partial charge in [0.05, 0.1) is 6.54 Å². The van der Waals surface area contributed by atoms with Crippen LogP contribution in [0, 0.1) is 5.92 Å². The van der Waals surface area contributed by atoms with Gasteiger partial charge in [-0.15, -0.1) is 10.2 Å². The summed E-state index contributed by atoms with van der Waals surface area (Å²) in [6.45, 7) is 3.79. The Bertz CT molecular complexity index is 399. The number of aromatic nitrogens is 2.